The van der Waals surface area contributed by atoms with Crippen molar-refractivity contribution in [1.29, 1.82) is 5.26 Å². The molecule has 5 nitrogen and oxygen atoms in total. The summed E-state index contributed by atoms with van der Waals surface area (Å²) in [6, 6.07) is 6.21. The molecule has 2 unspecified atom stereocenters. The fourth-order valence-corrected chi connectivity index (χ4v) is 2.29. The van der Waals surface area contributed by atoms with Gasteiger partial charge in [0.25, 0.3) is 0 Å². The van der Waals surface area contributed by atoms with Gasteiger partial charge in [-0.15, -0.1) is 0 Å². The van der Waals surface area contributed by atoms with Crippen LogP contribution in [0.25, 0.3) is 0 Å². The number of Topliss-reactive ketones (excluding diaryl/α,β-unsaturated/α-hetero) is 1. The second-order valence-corrected chi connectivity index (χ2v) is 5.27. The number of nitriles is 1. The van der Waals surface area contributed by atoms with Crippen molar-refractivity contribution in [1.82, 2.24) is 0 Å². The molecule has 1 aromatic rings. The zero-order chi connectivity index (χ0) is 16.7. The Balaban J connectivity index is 2.89. The first kappa shape index (κ1) is 18.4. The van der Waals surface area contributed by atoms with Gasteiger partial charge in [0, 0.05) is 11.6 Å². The maximum Gasteiger partial charge on any atom is 0.249 e. The van der Waals surface area contributed by atoms with Crippen molar-refractivity contribution in [2.45, 2.75) is 26.4 Å². The number of ether oxygens (including phenoxy) is 1. The van der Waals surface area contributed by atoms with Gasteiger partial charge in [-0.1, -0.05) is 30.1 Å². The Bertz CT molecular complexity index is 599. The lowest BCUT2D eigenvalue weighted by Crippen LogP contribution is -2.36. The maximum absolute atomic E-state index is 12.2. The normalized spacial score (nSPS) is 13.0. The summed E-state index contributed by atoms with van der Waals surface area (Å²) in [6.07, 6.45) is -0.388. The van der Waals surface area contributed by atoms with E-state index in [1.807, 2.05) is 0 Å². The summed E-state index contributed by atoms with van der Waals surface area (Å²) in [5, 5.41) is 12.2. The number of benzene rings is 1. The Morgan fingerprint density at radius 1 is 1.36 bits per heavy atom. The molecule has 0 spiro atoms. The molecule has 0 aromatic heterocycles. The number of ketones is 1. The third-order valence-electron chi connectivity index (χ3n) is 2.92. The van der Waals surface area contributed by atoms with Gasteiger partial charge in [-0.2, -0.15) is 5.26 Å². The van der Waals surface area contributed by atoms with E-state index in [0.29, 0.717) is 18.1 Å². The van der Waals surface area contributed by atoms with Gasteiger partial charge in [0.15, 0.2) is 11.7 Å². The quantitative estimate of drug-likeness (QED) is 0.769. The monoisotopic (exact) mass is 342 g/mol. The van der Waals surface area contributed by atoms with Crippen molar-refractivity contribution in [3.05, 3.63) is 28.2 Å². The molecule has 0 aliphatic heterocycles. The van der Waals surface area contributed by atoms with E-state index in [9.17, 15) is 9.59 Å². The SMILES string of the molecule is CCOC(CC)C(=O)C(C#N)C(=O)Nc1ccc(Cl)cc1Cl. The van der Waals surface area contributed by atoms with E-state index in [-0.39, 0.29) is 10.7 Å². The second kappa shape index (κ2) is 8.74. The van der Waals surface area contributed by atoms with Gasteiger partial charge in [-0.3, -0.25) is 9.59 Å². The number of nitrogens with zero attached hydrogens (tertiary/aromatic N) is 1. The number of halogens is 2. The van der Waals surface area contributed by atoms with Crippen LogP contribution in [0.4, 0.5) is 5.69 Å². The molecule has 1 amide bonds. The summed E-state index contributed by atoms with van der Waals surface area (Å²) < 4.78 is 5.25. The largest absolute Gasteiger partial charge is 0.371 e. The summed E-state index contributed by atoms with van der Waals surface area (Å²) in [5.41, 5.74) is 0.286. The fraction of sp³-hybridized carbons (Fsp3) is 0.400. The van der Waals surface area contributed by atoms with Gasteiger partial charge in [0.2, 0.25) is 5.91 Å². The Morgan fingerprint density at radius 2 is 2.05 bits per heavy atom. The van der Waals surface area contributed by atoms with Crippen LogP contribution in [0.1, 0.15) is 20.3 Å². The Kier molecular flexibility index (Phi) is 7.33. The average molecular weight is 343 g/mol. The molecule has 22 heavy (non-hydrogen) atoms. The highest BCUT2D eigenvalue weighted by molar-refractivity contribution is 6.36. The third-order valence-corrected chi connectivity index (χ3v) is 3.47. The minimum Gasteiger partial charge on any atom is -0.371 e. The van der Waals surface area contributed by atoms with E-state index in [4.69, 9.17) is 33.2 Å². The number of anilines is 1. The lowest BCUT2D eigenvalue weighted by Gasteiger charge is -2.17. The van der Waals surface area contributed by atoms with Gasteiger partial charge < -0.3 is 10.1 Å². The van der Waals surface area contributed by atoms with Crippen molar-refractivity contribution in [2.75, 3.05) is 11.9 Å². The van der Waals surface area contributed by atoms with Crippen LogP contribution in [0.3, 0.4) is 0 Å². The minimum absolute atomic E-state index is 0.224. The Labute approximate surface area is 139 Å². The number of carbonyl (C=O) groups excluding carboxylic acids is 2. The molecule has 0 bridgehead atoms. The van der Waals surface area contributed by atoms with Crippen LogP contribution < -0.4 is 5.32 Å². The molecule has 2 atom stereocenters. The average Bonchev–Trinajstić information content (AvgIpc) is 2.48. The molecule has 0 saturated heterocycles. The van der Waals surface area contributed by atoms with Crippen LogP contribution in [0.5, 0.6) is 0 Å². The van der Waals surface area contributed by atoms with Crippen molar-refractivity contribution in [3.8, 4) is 6.07 Å². The standard InChI is InChI=1S/C15H16Cl2N2O3/c1-3-13(22-4-2)14(20)10(8-18)15(21)19-12-6-5-9(16)7-11(12)17/h5-7,10,13H,3-4H2,1-2H3,(H,19,21). The molecule has 0 saturated carbocycles. The van der Waals surface area contributed by atoms with E-state index in [1.54, 1.807) is 26.0 Å². The zero-order valence-corrected chi connectivity index (χ0v) is 13.7. The highest BCUT2D eigenvalue weighted by Gasteiger charge is 2.32. The molecular formula is C15H16Cl2N2O3. The molecule has 0 heterocycles. The Hall–Kier alpha value is -1.61. The molecule has 7 heteroatoms. The van der Waals surface area contributed by atoms with E-state index in [0.717, 1.165) is 0 Å². The first-order valence-corrected chi connectivity index (χ1v) is 7.51. The topological polar surface area (TPSA) is 79.2 Å². The molecule has 118 valence electrons. The van der Waals surface area contributed by atoms with E-state index < -0.39 is 23.7 Å². The highest BCUT2D eigenvalue weighted by Crippen LogP contribution is 2.26. The highest BCUT2D eigenvalue weighted by atomic mass is 35.5. The predicted molar refractivity (Wildman–Crippen MR) is 84.9 cm³/mol. The number of hydrogen-bond donors (Lipinski definition) is 1. The fourth-order valence-electron chi connectivity index (χ4n) is 1.84. The lowest BCUT2D eigenvalue weighted by molar-refractivity contribution is -0.137. The first-order chi connectivity index (χ1) is 10.4. The molecule has 0 fully saturated rings. The minimum atomic E-state index is -1.46. The first-order valence-electron chi connectivity index (χ1n) is 6.75. The molecule has 0 aliphatic carbocycles. The smallest absolute Gasteiger partial charge is 0.249 e. The van der Waals surface area contributed by atoms with E-state index in [1.165, 1.54) is 12.1 Å². The van der Waals surface area contributed by atoms with Crippen molar-refractivity contribution in [3.63, 3.8) is 0 Å². The van der Waals surface area contributed by atoms with Gasteiger partial charge in [-0.25, -0.2) is 0 Å². The number of nitrogens with one attached hydrogen (secondary N) is 1. The molecular weight excluding hydrogens is 327 g/mol. The van der Waals surface area contributed by atoms with Gasteiger partial charge in [0.1, 0.15) is 6.10 Å². The van der Waals surface area contributed by atoms with Crippen molar-refractivity contribution >= 4 is 40.6 Å². The third kappa shape index (κ3) is 4.70. The number of rotatable bonds is 7. The van der Waals surface area contributed by atoms with Crippen LogP contribution in [0, 0.1) is 17.2 Å². The van der Waals surface area contributed by atoms with Crippen molar-refractivity contribution < 1.29 is 14.3 Å². The molecule has 1 aromatic carbocycles. The van der Waals surface area contributed by atoms with Crippen LogP contribution in [-0.4, -0.2) is 24.4 Å². The predicted octanol–water partition coefficient (Wildman–Crippen LogP) is 3.46. The van der Waals surface area contributed by atoms with E-state index >= 15 is 0 Å². The summed E-state index contributed by atoms with van der Waals surface area (Å²) in [5.74, 6) is -2.76. The number of hydrogen-bond acceptors (Lipinski definition) is 4. The maximum atomic E-state index is 12.2. The van der Waals surface area contributed by atoms with Crippen LogP contribution in [-0.2, 0) is 14.3 Å². The van der Waals surface area contributed by atoms with Gasteiger partial charge >= 0.3 is 0 Å². The molecule has 1 N–H and O–H groups in total. The molecule has 1 rings (SSSR count). The molecule has 0 radical (unpaired) electrons. The molecule has 0 aliphatic rings. The van der Waals surface area contributed by atoms with E-state index in [2.05, 4.69) is 5.32 Å². The Morgan fingerprint density at radius 3 is 2.55 bits per heavy atom. The van der Waals surface area contributed by atoms with Gasteiger partial charge in [-0.05, 0) is 31.5 Å². The van der Waals surface area contributed by atoms with Gasteiger partial charge in [0.05, 0.1) is 16.8 Å². The summed E-state index contributed by atoms with van der Waals surface area (Å²) in [6.45, 7) is 3.82. The summed E-state index contributed by atoms with van der Waals surface area (Å²) >= 11 is 11.7. The number of amides is 1. The van der Waals surface area contributed by atoms with Crippen LogP contribution in [0.15, 0.2) is 18.2 Å². The lowest BCUT2D eigenvalue weighted by atomic mass is 9.98. The summed E-state index contributed by atoms with van der Waals surface area (Å²) in [4.78, 5) is 24.3. The number of carbonyl (C=O) groups is 2. The van der Waals surface area contributed by atoms with Crippen LogP contribution >= 0.6 is 23.2 Å². The van der Waals surface area contributed by atoms with Crippen LogP contribution in [0.2, 0.25) is 10.0 Å². The second-order valence-electron chi connectivity index (χ2n) is 4.43. The summed E-state index contributed by atoms with van der Waals surface area (Å²) in [7, 11) is 0. The van der Waals surface area contributed by atoms with Crippen molar-refractivity contribution in [2.24, 2.45) is 5.92 Å². The zero-order valence-electron chi connectivity index (χ0n) is 12.2.